The molecule has 1 saturated heterocycles. The first kappa shape index (κ1) is 16.5. The van der Waals surface area contributed by atoms with E-state index >= 15 is 0 Å². The van der Waals surface area contributed by atoms with Gasteiger partial charge >= 0.3 is 0 Å². The summed E-state index contributed by atoms with van der Waals surface area (Å²) in [5, 5.41) is 4.14. The number of hydrogen-bond donors (Lipinski definition) is 0. The van der Waals surface area contributed by atoms with E-state index in [-0.39, 0.29) is 11.8 Å². The molecule has 1 unspecified atom stereocenters. The third-order valence-corrected chi connectivity index (χ3v) is 4.88. The number of anilines is 1. The number of hydrogen-bond acceptors (Lipinski definition) is 4. The molecule has 5 nitrogen and oxygen atoms in total. The number of aryl methyl sites for hydroxylation is 3. The van der Waals surface area contributed by atoms with E-state index in [4.69, 9.17) is 4.52 Å². The molecule has 132 valence electrons. The normalized spacial score (nSPS) is 17.1. The van der Waals surface area contributed by atoms with Crippen LogP contribution in [0.5, 0.6) is 0 Å². The summed E-state index contributed by atoms with van der Waals surface area (Å²) < 4.78 is 5.50. The zero-order valence-electron chi connectivity index (χ0n) is 15.2. The second-order valence-corrected chi connectivity index (χ2v) is 7.02. The molecule has 0 radical (unpaired) electrons. The number of aromatic nitrogens is 2. The highest BCUT2D eigenvalue weighted by Crippen LogP contribution is 2.32. The first-order valence-corrected chi connectivity index (χ1v) is 8.79. The van der Waals surface area contributed by atoms with E-state index in [1.165, 1.54) is 11.1 Å². The molecule has 5 heteroatoms. The molecule has 1 aromatic heterocycles. The Morgan fingerprint density at radius 3 is 2.50 bits per heavy atom. The van der Waals surface area contributed by atoms with E-state index in [0.717, 1.165) is 16.8 Å². The van der Waals surface area contributed by atoms with E-state index in [2.05, 4.69) is 23.1 Å². The van der Waals surface area contributed by atoms with Crippen molar-refractivity contribution in [2.45, 2.75) is 33.1 Å². The molecule has 0 aliphatic carbocycles. The molecule has 0 saturated carbocycles. The van der Waals surface area contributed by atoms with Gasteiger partial charge in [0, 0.05) is 24.2 Å². The van der Waals surface area contributed by atoms with Gasteiger partial charge in [-0.25, -0.2) is 0 Å². The molecule has 0 bridgehead atoms. The minimum absolute atomic E-state index is 0.0733. The van der Waals surface area contributed by atoms with Crippen LogP contribution in [-0.4, -0.2) is 22.6 Å². The van der Waals surface area contributed by atoms with Crippen LogP contribution in [0.3, 0.4) is 0 Å². The molecular formula is C21H21N3O2. The average molecular weight is 347 g/mol. The van der Waals surface area contributed by atoms with Gasteiger partial charge in [-0.15, -0.1) is 0 Å². The number of nitrogens with zero attached hydrogens (tertiary/aromatic N) is 3. The van der Waals surface area contributed by atoms with Crippen LogP contribution < -0.4 is 4.90 Å². The lowest BCUT2D eigenvalue weighted by molar-refractivity contribution is -0.117. The molecule has 1 amide bonds. The number of rotatable bonds is 3. The Kier molecular flexibility index (Phi) is 4.07. The highest BCUT2D eigenvalue weighted by atomic mass is 16.5. The van der Waals surface area contributed by atoms with Crippen molar-refractivity contribution < 1.29 is 9.32 Å². The predicted octanol–water partition coefficient (Wildman–Crippen LogP) is 4.18. The Hall–Kier alpha value is -2.95. The van der Waals surface area contributed by atoms with Crippen molar-refractivity contribution in [3.05, 3.63) is 65.0 Å². The maximum absolute atomic E-state index is 12.4. The quantitative estimate of drug-likeness (QED) is 0.713. The molecule has 2 heterocycles. The number of benzene rings is 2. The minimum atomic E-state index is -0.0733. The van der Waals surface area contributed by atoms with Crippen LogP contribution in [0.1, 0.15) is 34.9 Å². The second kappa shape index (κ2) is 6.41. The summed E-state index contributed by atoms with van der Waals surface area (Å²) in [5.74, 6) is 1.13. The van der Waals surface area contributed by atoms with Crippen LogP contribution in [0.4, 0.5) is 5.69 Å². The molecule has 1 aliphatic rings. The van der Waals surface area contributed by atoms with Gasteiger partial charge in [0.25, 0.3) is 0 Å². The Bertz CT molecular complexity index is 960. The summed E-state index contributed by atoms with van der Waals surface area (Å²) in [6, 6.07) is 14.1. The van der Waals surface area contributed by atoms with Crippen LogP contribution in [0.15, 0.2) is 47.0 Å². The van der Waals surface area contributed by atoms with Gasteiger partial charge in [0.15, 0.2) is 0 Å². The lowest BCUT2D eigenvalue weighted by Crippen LogP contribution is -2.24. The van der Waals surface area contributed by atoms with Gasteiger partial charge in [-0.3, -0.25) is 4.79 Å². The summed E-state index contributed by atoms with van der Waals surface area (Å²) in [6.07, 6.45) is 0.391. The maximum Gasteiger partial charge on any atom is 0.232 e. The number of amides is 1. The van der Waals surface area contributed by atoms with Crippen molar-refractivity contribution in [2.24, 2.45) is 0 Å². The molecule has 1 fully saturated rings. The first-order valence-electron chi connectivity index (χ1n) is 8.79. The monoisotopic (exact) mass is 347 g/mol. The van der Waals surface area contributed by atoms with Gasteiger partial charge in [0.1, 0.15) is 0 Å². The molecule has 4 rings (SSSR count). The summed E-state index contributed by atoms with van der Waals surface area (Å²) in [5.41, 5.74) is 5.36. The molecule has 0 N–H and O–H groups in total. The fourth-order valence-electron chi connectivity index (χ4n) is 3.42. The summed E-state index contributed by atoms with van der Waals surface area (Å²) in [6.45, 7) is 6.70. The van der Waals surface area contributed by atoms with Crippen molar-refractivity contribution in [1.29, 1.82) is 0 Å². The molecule has 26 heavy (non-hydrogen) atoms. The Balaban J connectivity index is 1.57. The number of carbonyl (C=O) groups is 1. The van der Waals surface area contributed by atoms with Gasteiger partial charge in [-0.2, -0.15) is 4.98 Å². The fraction of sp³-hybridized carbons (Fsp3) is 0.286. The van der Waals surface area contributed by atoms with Crippen LogP contribution in [0.2, 0.25) is 0 Å². The largest absolute Gasteiger partial charge is 0.339 e. The average Bonchev–Trinajstić information content (AvgIpc) is 3.23. The highest BCUT2D eigenvalue weighted by Gasteiger charge is 2.35. The lowest BCUT2D eigenvalue weighted by Gasteiger charge is -2.16. The molecule has 1 aliphatic heterocycles. The Morgan fingerprint density at radius 2 is 1.77 bits per heavy atom. The molecule has 3 aromatic rings. The fourth-order valence-corrected chi connectivity index (χ4v) is 3.42. The third-order valence-electron chi connectivity index (χ3n) is 4.88. The standard InChI is InChI=1S/C21H21N3O2/c1-13-4-7-17(8-5-13)24-12-16(11-19(24)25)21-22-20(23-26-21)18-9-6-14(2)10-15(18)3/h4-10,16H,11-12H2,1-3H3. The van der Waals surface area contributed by atoms with Crippen molar-refractivity contribution in [3.63, 3.8) is 0 Å². The van der Waals surface area contributed by atoms with Crippen molar-refractivity contribution in [3.8, 4) is 11.4 Å². The van der Waals surface area contributed by atoms with Crippen LogP contribution >= 0.6 is 0 Å². The minimum Gasteiger partial charge on any atom is -0.339 e. The Labute approximate surface area is 152 Å². The van der Waals surface area contributed by atoms with Crippen LogP contribution in [-0.2, 0) is 4.79 Å². The van der Waals surface area contributed by atoms with E-state index in [0.29, 0.717) is 24.7 Å². The lowest BCUT2D eigenvalue weighted by atomic mass is 10.1. The third kappa shape index (κ3) is 3.01. The molecule has 0 spiro atoms. The van der Waals surface area contributed by atoms with Gasteiger partial charge in [0.05, 0.1) is 5.92 Å². The zero-order valence-corrected chi connectivity index (χ0v) is 15.2. The van der Waals surface area contributed by atoms with E-state index in [9.17, 15) is 4.79 Å². The summed E-state index contributed by atoms with van der Waals surface area (Å²) in [7, 11) is 0. The Morgan fingerprint density at radius 1 is 1.04 bits per heavy atom. The van der Waals surface area contributed by atoms with Gasteiger partial charge in [-0.1, -0.05) is 46.6 Å². The van der Waals surface area contributed by atoms with Crippen LogP contribution in [0.25, 0.3) is 11.4 Å². The number of carbonyl (C=O) groups excluding carboxylic acids is 1. The SMILES string of the molecule is Cc1ccc(N2CC(c3nc(-c4ccc(C)cc4C)no3)CC2=O)cc1. The first-order chi connectivity index (χ1) is 12.5. The van der Waals surface area contributed by atoms with Crippen molar-refractivity contribution in [1.82, 2.24) is 10.1 Å². The van der Waals surface area contributed by atoms with Crippen molar-refractivity contribution >= 4 is 11.6 Å². The van der Waals surface area contributed by atoms with E-state index < -0.39 is 0 Å². The van der Waals surface area contributed by atoms with E-state index in [1.807, 2.05) is 50.2 Å². The van der Waals surface area contributed by atoms with Crippen LogP contribution in [0, 0.1) is 20.8 Å². The zero-order chi connectivity index (χ0) is 18.3. The summed E-state index contributed by atoms with van der Waals surface area (Å²) >= 11 is 0. The van der Waals surface area contributed by atoms with E-state index in [1.54, 1.807) is 4.90 Å². The molecular weight excluding hydrogens is 326 g/mol. The van der Waals surface area contributed by atoms with Gasteiger partial charge in [0.2, 0.25) is 17.6 Å². The predicted molar refractivity (Wildman–Crippen MR) is 100 cm³/mol. The molecule has 2 aromatic carbocycles. The molecule has 1 atom stereocenters. The topological polar surface area (TPSA) is 59.2 Å². The van der Waals surface area contributed by atoms with Gasteiger partial charge < -0.3 is 9.42 Å². The second-order valence-electron chi connectivity index (χ2n) is 7.02. The van der Waals surface area contributed by atoms with Gasteiger partial charge in [-0.05, 0) is 38.5 Å². The summed E-state index contributed by atoms with van der Waals surface area (Å²) in [4.78, 5) is 18.8. The van der Waals surface area contributed by atoms with Crippen molar-refractivity contribution in [2.75, 3.05) is 11.4 Å². The highest BCUT2D eigenvalue weighted by molar-refractivity contribution is 5.96. The maximum atomic E-state index is 12.4. The smallest absolute Gasteiger partial charge is 0.232 e.